The van der Waals surface area contributed by atoms with Crippen molar-refractivity contribution in [2.75, 3.05) is 20.7 Å². The Kier molecular flexibility index (Phi) is 6.53. The second kappa shape index (κ2) is 7.92. The molecule has 0 fully saturated rings. The van der Waals surface area contributed by atoms with Crippen LogP contribution in [0.1, 0.15) is 18.9 Å². The third-order valence-corrected chi connectivity index (χ3v) is 3.06. The van der Waals surface area contributed by atoms with Gasteiger partial charge in [-0.05, 0) is 26.1 Å². The Bertz CT molecular complexity index is 378. The minimum atomic E-state index is -0.695. The van der Waals surface area contributed by atoms with Crippen molar-refractivity contribution in [1.29, 1.82) is 0 Å². The third-order valence-electron chi connectivity index (χ3n) is 3.06. The van der Waals surface area contributed by atoms with E-state index in [-0.39, 0.29) is 5.97 Å². The van der Waals surface area contributed by atoms with Crippen LogP contribution in [0.2, 0.25) is 0 Å². The molecule has 0 saturated carbocycles. The number of rotatable bonds is 7. The van der Waals surface area contributed by atoms with E-state index in [1.165, 1.54) is 0 Å². The monoisotopic (exact) mass is 265 g/mol. The fourth-order valence-corrected chi connectivity index (χ4v) is 1.93. The number of carbonyl (C=O) groups excluding carboxylic acids is 1. The van der Waals surface area contributed by atoms with Gasteiger partial charge in [0.05, 0.1) is 12.7 Å². The van der Waals surface area contributed by atoms with Gasteiger partial charge in [-0.15, -0.1) is 0 Å². The van der Waals surface area contributed by atoms with Crippen LogP contribution in [-0.4, -0.2) is 48.8 Å². The molecular formula is C15H23NO3. The van der Waals surface area contributed by atoms with E-state index in [2.05, 4.69) is 0 Å². The fourth-order valence-electron chi connectivity index (χ4n) is 1.93. The summed E-state index contributed by atoms with van der Waals surface area (Å²) in [5, 5.41) is 9.83. The lowest BCUT2D eigenvalue weighted by atomic mass is 10.1. The highest BCUT2D eigenvalue weighted by molar-refractivity contribution is 5.76. The van der Waals surface area contributed by atoms with Gasteiger partial charge in [0.15, 0.2) is 0 Å². The number of carbonyl (C=O) groups is 1. The molecule has 0 spiro atoms. The molecular weight excluding hydrogens is 242 g/mol. The van der Waals surface area contributed by atoms with Crippen LogP contribution in [0.25, 0.3) is 0 Å². The summed E-state index contributed by atoms with van der Waals surface area (Å²) in [4.78, 5) is 13.6. The predicted molar refractivity (Wildman–Crippen MR) is 74.9 cm³/mol. The molecule has 1 aromatic carbocycles. The molecule has 0 aliphatic rings. The molecule has 0 bridgehead atoms. The Hall–Kier alpha value is -1.39. The Morgan fingerprint density at radius 3 is 2.47 bits per heavy atom. The highest BCUT2D eigenvalue weighted by atomic mass is 16.5. The van der Waals surface area contributed by atoms with Crippen molar-refractivity contribution in [1.82, 2.24) is 4.90 Å². The van der Waals surface area contributed by atoms with Gasteiger partial charge in [-0.3, -0.25) is 9.69 Å². The van der Waals surface area contributed by atoms with Gasteiger partial charge in [0.2, 0.25) is 0 Å². The van der Waals surface area contributed by atoms with E-state index < -0.39 is 12.1 Å². The molecule has 1 N–H and O–H groups in total. The van der Waals surface area contributed by atoms with Crippen LogP contribution in [-0.2, 0) is 16.0 Å². The van der Waals surface area contributed by atoms with Crippen LogP contribution in [0.15, 0.2) is 30.3 Å². The lowest BCUT2D eigenvalue weighted by Gasteiger charge is -2.26. The maximum Gasteiger partial charge on any atom is 0.326 e. The average Bonchev–Trinajstić information content (AvgIpc) is 2.39. The van der Waals surface area contributed by atoms with Crippen LogP contribution >= 0.6 is 0 Å². The van der Waals surface area contributed by atoms with Crippen LogP contribution in [0.4, 0.5) is 0 Å². The molecule has 2 unspecified atom stereocenters. The van der Waals surface area contributed by atoms with E-state index in [0.717, 1.165) is 5.56 Å². The second-order valence-corrected chi connectivity index (χ2v) is 4.79. The number of aliphatic hydroxyl groups excluding tert-OH is 1. The largest absolute Gasteiger partial charge is 0.464 e. The summed E-state index contributed by atoms with van der Waals surface area (Å²) in [6.45, 7) is 2.18. The lowest BCUT2D eigenvalue weighted by Crippen LogP contribution is -2.46. The van der Waals surface area contributed by atoms with Crippen molar-refractivity contribution < 1.29 is 14.6 Å². The summed E-state index contributed by atoms with van der Waals surface area (Å²) in [6.07, 6.45) is 0.519. The number of esters is 1. The summed E-state index contributed by atoms with van der Waals surface area (Å²) in [5.41, 5.74) is 1.13. The van der Waals surface area contributed by atoms with E-state index in [9.17, 15) is 9.90 Å². The number of ether oxygens (including phenoxy) is 1. The molecule has 1 aromatic rings. The van der Waals surface area contributed by atoms with Gasteiger partial charge >= 0.3 is 5.97 Å². The first-order valence-electron chi connectivity index (χ1n) is 6.61. The quantitative estimate of drug-likeness (QED) is 0.759. The minimum absolute atomic E-state index is 0.337. The van der Waals surface area contributed by atoms with Crippen LogP contribution in [0.5, 0.6) is 0 Å². The molecule has 4 heteroatoms. The number of hydrogen-bond donors (Lipinski definition) is 1. The summed E-state index contributed by atoms with van der Waals surface area (Å²) in [6, 6.07) is 9.27. The second-order valence-electron chi connectivity index (χ2n) is 4.79. The smallest absolute Gasteiger partial charge is 0.326 e. The molecule has 0 aliphatic carbocycles. The van der Waals surface area contributed by atoms with Crippen molar-refractivity contribution in [3.63, 3.8) is 0 Å². The van der Waals surface area contributed by atoms with Crippen molar-refractivity contribution in [2.24, 2.45) is 0 Å². The molecule has 0 amide bonds. The Morgan fingerprint density at radius 1 is 1.32 bits per heavy atom. The third kappa shape index (κ3) is 5.01. The Morgan fingerprint density at radius 2 is 1.95 bits per heavy atom. The fraction of sp³-hybridized carbons (Fsp3) is 0.533. The number of nitrogens with zero attached hydrogens (tertiary/aromatic N) is 1. The number of likely N-dealkylation sites (N-methyl/N-ethyl adjacent to an activating group) is 1. The predicted octanol–water partition coefficient (Wildman–Crippen LogP) is 1.47. The van der Waals surface area contributed by atoms with E-state index in [0.29, 0.717) is 19.4 Å². The first-order chi connectivity index (χ1) is 9.06. The highest BCUT2D eigenvalue weighted by Crippen LogP contribution is 2.08. The maximum absolute atomic E-state index is 12.0. The average molecular weight is 265 g/mol. The standard InChI is InChI=1S/C15H23NO3/c1-4-13(17)14(16(2)3)15(18)19-11-10-12-8-6-5-7-9-12/h5-9,13-14,17H,4,10-11H2,1-3H3. The Balaban J connectivity index is 2.45. The van der Waals surface area contributed by atoms with Gasteiger partial charge in [-0.1, -0.05) is 37.3 Å². The molecule has 1 rings (SSSR count). The zero-order valence-corrected chi connectivity index (χ0v) is 11.9. The lowest BCUT2D eigenvalue weighted by molar-refractivity contribution is -0.153. The summed E-state index contributed by atoms with van der Waals surface area (Å²) >= 11 is 0. The number of aliphatic hydroxyl groups is 1. The molecule has 0 saturated heterocycles. The molecule has 2 atom stereocenters. The topological polar surface area (TPSA) is 49.8 Å². The van der Waals surface area contributed by atoms with Crippen molar-refractivity contribution in [3.05, 3.63) is 35.9 Å². The van der Waals surface area contributed by atoms with Crippen molar-refractivity contribution >= 4 is 5.97 Å². The summed E-state index contributed by atoms with van der Waals surface area (Å²) < 4.78 is 5.25. The van der Waals surface area contributed by atoms with Crippen molar-refractivity contribution in [2.45, 2.75) is 31.9 Å². The molecule has 4 nitrogen and oxygen atoms in total. The van der Waals surface area contributed by atoms with Crippen molar-refractivity contribution in [3.8, 4) is 0 Å². The molecule has 106 valence electrons. The first-order valence-corrected chi connectivity index (χ1v) is 6.61. The molecule has 0 aliphatic heterocycles. The first kappa shape index (κ1) is 15.7. The Labute approximate surface area is 115 Å². The summed E-state index contributed by atoms with van der Waals surface area (Å²) in [7, 11) is 3.53. The van der Waals surface area contributed by atoms with Gasteiger partial charge in [-0.25, -0.2) is 0 Å². The van der Waals surface area contributed by atoms with Gasteiger partial charge in [0, 0.05) is 6.42 Å². The van der Waals surface area contributed by atoms with Crippen LogP contribution in [0, 0.1) is 0 Å². The van der Waals surface area contributed by atoms with E-state index >= 15 is 0 Å². The van der Waals surface area contributed by atoms with Crippen LogP contribution in [0.3, 0.4) is 0 Å². The maximum atomic E-state index is 12.0. The number of benzene rings is 1. The number of hydrogen-bond acceptors (Lipinski definition) is 4. The van der Waals surface area contributed by atoms with Gasteiger partial charge < -0.3 is 9.84 Å². The zero-order chi connectivity index (χ0) is 14.3. The molecule has 0 heterocycles. The van der Waals surface area contributed by atoms with Crippen LogP contribution < -0.4 is 0 Å². The van der Waals surface area contributed by atoms with E-state index in [4.69, 9.17) is 4.74 Å². The normalized spacial score (nSPS) is 14.2. The van der Waals surface area contributed by atoms with Gasteiger partial charge in [0.1, 0.15) is 6.04 Å². The molecule has 0 radical (unpaired) electrons. The van der Waals surface area contributed by atoms with Gasteiger partial charge in [0.25, 0.3) is 0 Å². The summed E-state index contributed by atoms with van der Waals surface area (Å²) in [5.74, 6) is -0.365. The SMILES string of the molecule is CCC(O)C(C(=O)OCCc1ccccc1)N(C)C. The molecule has 0 aromatic heterocycles. The van der Waals surface area contributed by atoms with E-state index in [1.54, 1.807) is 19.0 Å². The minimum Gasteiger partial charge on any atom is -0.464 e. The van der Waals surface area contributed by atoms with Gasteiger partial charge in [-0.2, -0.15) is 0 Å². The van der Waals surface area contributed by atoms with E-state index in [1.807, 2.05) is 37.3 Å². The highest BCUT2D eigenvalue weighted by Gasteiger charge is 2.28. The molecule has 19 heavy (non-hydrogen) atoms. The zero-order valence-electron chi connectivity index (χ0n) is 11.9.